The number of hydrogen-bond donors (Lipinski definition) is 1. The molecule has 1 saturated carbocycles. The van der Waals surface area contributed by atoms with Gasteiger partial charge in [0.05, 0.1) is 30.7 Å². The van der Waals surface area contributed by atoms with Gasteiger partial charge in [0.2, 0.25) is 0 Å². The molecule has 3 aliphatic rings. The Balaban J connectivity index is 1.30. The molecule has 2 amide bonds. The van der Waals surface area contributed by atoms with Gasteiger partial charge in [-0.25, -0.2) is 9.78 Å². The van der Waals surface area contributed by atoms with Crippen molar-refractivity contribution in [1.29, 1.82) is 0 Å². The van der Waals surface area contributed by atoms with Gasteiger partial charge in [-0.05, 0) is 75.9 Å². The van der Waals surface area contributed by atoms with Crippen molar-refractivity contribution < 1.29 is 24.2 Å². The predicted molar refractivity (Wildman–Crippen MR) is 194 cm³/mol. The topological polar surface area (TPSA) is 97.1 Å². The van der Waals surface area contributed by atoms with Crippen molar-refractivity contribution in [2.24, 2.45) is 5.92 Å². The lowest BCUT2D eigenvalue weighted by Crippen LogP contribution is -2.58. The zero-order valence-electron chi connectivity index (χ0n) is 29.3. The van der Waals surface area contributed by atoms with Crippen molar-refractivity contribution >= 4 is 23.8 Å². The molecule has 1 aliphatic carbocycles. The number of rotatable bonds is 9. The van der Waals surface area contributed by atoms with Crippen molar-refractivity contribution in [3.63, 3.8) is 0 Å². The first-order chi connectivity index (χ1) is 23.6. The summed E-state index contributed by atoms with van der Waals surface area (Å²) in [6.07, 6.45) is 7.62. The number of carbonyl (C=O) groups excluding carboxylic acids is 2. The zero-order chi connectivity index (χ0) is 34.4. The molecule has 2 unspecified atom stereocenters. The van der Waals surface area contributed by atoms with Gasteiger partial charge in [-0.2, -0.15) is 11.8 Å². The number of carbonyl (C=O) groups is 2. The number of ether oxygens (including phenoxy) is 2. The van der Waals surface area contributed by atoms with E-state index < -0.39 is 11.2 Å². The molecule has 264 valence electrons. The summed E-state index contributed by atoms with van der Waals surface area (Å²) in [5.74, 6) is 2.72. The van der Waals surface area contributed by atoms with E-state index in [0.717, 1.165) is 43.2 Å². The number of nitrogens with zero attached hydrogens (tertiary/aromatic N) is 4. The van der Waals surface area contributed by atoms with Crippen molar-refractivity contribution in [2.75, 3.05) is 44.4 Å². The molecule has 3 fully saturated rings. The number of aromatic nitrogens is 2. The minimum absolute atomic E-state index is 0.173. The highest BCUT2D eigenvalue weighted by Crippen LogP contribution is 2.41. The first-order valence-corrected chi connectivity index (χ1v) is 19.1. The normalized spacial score (nSPS) is 23.8. The summed E-state index contributed by atoms with van der Waals surface area (Å²) in [4.78, 5) is 36.3. The second kappa shape index (κ2) is 15.7. The van der Waals surface area contributed by atoms with E-state index in [1.807, 2.05) is 90.5 Å². The molecular weight excluding hydrogens is 637 g/mol. The van der Waals surface area contributed by atoms with Crippen molar-refractivity contribution in [3.8, 4) is 11.3 Å². The highest BCUT2D eigenvalue weighted by atomic mass is 32.2. The lowest BCUT2D eigenvalue weighted by Gasteiger charge is -2.42. The van der Waals surface area contributed by atoms with E-state index in [1.165, 1.54) is 11.5 Å². The van der Waals surface area contributed by atoms with Crippen LogP contribution in [0.15, 0.2) is 67.0 Å². The van der Waals surface area contributed by atoms with Gasteiger partial charge in [0, 0.05) is 31.8 Å². The van der Waals surface area contributed by atoms with Gasteiger partial charge in [0.25, 0.3) is 5.91 Å². The average Bonchev–Trinajstić information content (AvgIpc) is 3.53. The van der Waals surface area contributed by atoms with Crippen molar-refractivity contribution in [1.82, 2.24) is 19.4 Å². The molecule has 1 aromatic heterocycles. The van der Waals surface area contributed by atoms with Crippen LogP contribution in [0.25, 0.3) is 11.3 Å². The van der Waals surface area contributed by atoms with Crippen LogP contribution in [0.5, 0.6) is 0 Å². The lowest BCUT2D eigenvalue weighted by atomic mass is 9.80. The molecule has 3 aromatic rings. The Labute approximate surface area is 295 Å². The fraction of sp³-hybridized carbons (Fsp3) is 0.564. The molecule has 2 saturated heterocycles. The second-order valence-electron chi connectivity index (χ2n) is 14.9. The van der Waals surface area contributed by atoms with Crippen molar-refractivity contribution in [2.45, 2.75) is 89.0 Å². The summed E-state index contributed by atoms with van der Waals surface area (Å²) < 4.78 is 14.0. The molecule has 9 nitrogen and oxygen atoms in total. The Bertz CT molecular complexity index is 1540. The summed E-state index contributed by atoms with van der Waals surface area (Å²) in [7, 11) is 0. The largest absolute Gasteiger partial charge is 0.444 e. The standard InChI is InChI=1S/C39H52N4O5S/c1-38(2,3)48-37(45)41-20-21-42(32(25-41)24-29-12-6-4-7-13-29)36(44)34-35(31-14-8-5-9-15-31)43(28-40-34)33-16-10-11-19-39(33,46)27-47-26-30-17-22-49-23-18-30/h4-9,12-15,28,30,32-33,46H,10-11,16-27H2,1-3H3/t32-,33?,39?/m1/s1. The zero-order valence-corrected chi connectivity index (χ0v) is 30.1. The number of thioether (sulfide) groups is 1. The van der Waals surface area contributed by atoms with Gasteiger partial charge in [-0.15, -0.1) is 0 Å². The molecule has 1 N–H and O–H groups in total. The predicted octanol–water partition coefficient (Wildman–Crippen LogP) is 6.86. The first-order valence-electron chi connectivity index (χ1n) is 17.9. The van der Waals surface area contributed by atoms with Gasteiger partial charge in [-0.3, -0.25) is 4.79 Å². The van der Waals surface area contributed by atoms with Crippen LogP contribution >= 0.6 is 11.8 Å². The molecule has 2 aromatic carbocycles. The second-order valence-corrected chi connectivity index (χ2v) is 16.1. The van der Waals surface area contributed by atoms with Gasteiger partial charge in [0.15, 0.2) is 5.69 Å². The van der Waals surface area contributed by atoms with E-state index in [2.05, 4.69) is 12.1 Å². The van der Waals surface area contributed by atoms with Gasteiger partial charge in [-0.1, -0.05) is 73.5 Å². The highest BCUT2D eigenvalue weighted by molar-refractivity contribution is 7.99. The van der Waals surface area contributed by atoms with E-state index in [9.17, 15) is 14.7 Å². The van der Waals surface area contributed by atoms with Gasteiger partial charge in [0.1, 0.15) is 11.2 Å². The fourth-order valence-corrected chi connectivity index (χ4v) is 8.74. The van der Waals surface area contributed by atoms with Crippen LogP contribution in [0.4, 0.5) is 4.79 Å². The number of amides is 2. The maximum atomic E-state index is 14.7. The van der Waals surface area contributed by atoms with Crippen LogP contribution in [-0.2, 0) is 15.9 Å². The number of aliphatic hydroxyl groups is 1. The Hall–Kier alpha value is -3.34. The summed E-state index contributed by atoms with van der Waals surface area (Å²) in [5, 5.41) is 12.2. The quantitative estimate of drug-likeness (QED) is 0.262. The molecule has 3 heterocycles. The number of imidazole rings is 1. The third-order valence-corrected chi connectivity index (χ3v) is 11.1. The smallest absolute Gasteiger partial charge is 0.410 e. The Kier molecular flexibility index (Phi) is 11.4. The van der Waals surface area contributed by atoms with Crippen LogP contribution < -0.4 is 0 Å². The van der Waals surface area contributed by atoms with Crippen LogP contribution in [0, 0.1) is 5.92 Å². The number of piperazine rings is 1. The molecule has 49 heavy (non-hydrogen) atoms. The van der Waals surface area contributed by atoms with Crippen LogP contribution in [0.3, 0.4) is 0 Å². The summed E-state index contributed by atoms with van der Waals surface area (Å²) in [6, 6.07) is 19.4. The minimum atomic E-state index is -1.07. The third kappa shape index (κ3) is 8.70. The molecular formula is C39H52N4O5S. The van der Waals surface area contributed by atoms with Crippen LogP contribution in [0.2, 0.25) is 0 Å². The third-order valence-electron chi connectivity index (χ3n) is 10.1. The van der Waals surface area contributed by atoms with E-state index in [1.54, 1.807) is 11.2 Å². The van der Waals surface area contributed by atoms with E-state index in [0.29, 0.717) is 56.4 Å². The highest BCUT2D eigenvalue weighted by Gasteiger charge is 2.43. The average molecular weight is 689 g/mol. The van der Waals surface area contributed by atoms with Crippen LogP contribution in [0.1, 0.15) is 81.4 Å². The number of benzene rings is 2. The summed E-state index contributed by atoms with van der Waals surface area (Å²) in [6.45, 7) is 7.62. The summed E-state index contributed by atoms with van der Waals surface area (Å²) >= 11 is 2.01. The summed E-state index contributed by atoms with van der Waals surface area (Å²) in [5.41, 5.74) is 1.36. The number of hydrogen-bond acceptors (Lipinski definition) is 7. The van der Waals surface area contributed by atoms with Gasteiger partial charge >= 0.3 is 6.09 Å². The Morgan fingerprint density at radius 3 is 2.41 bits per heavy atom. The molecule has 0 radical (unpaired) electrons. The minimum Gasteiger partial charge on any atom is -0.444 e. The lowest BCUT2D eigenvalue weighted by molar-refractivity contribution is -0.104. The molecule has 6 rings (SSSR count). The van der Waals surface area contributed by atoms with E-state index in [-0.39, 0.29) is 30.7 Å². The van der Waals surface area contributed by atoms with E-state index >= 15 is 0 Å². The monoisotopic (exact) mass is 688 g/mol. The SMILES string of the molecule is CC(C)(C)OC(=O)N1CCN(C(=O)c2ncn(C3CCCCC3(O)COCC3CCSCC3)c2-c2ccccc2)[C@H](Cc2ccccc2)C1. The fourth-order valence-electron chi connectivity index (χ4n) is 7.53. The van der Waals surface area contributed by atoms with Gasteiger partial charge < -0.3 is 28.9 Å². The maximum Gasteiger partial charge on any atom is 0.410 e. The van der Waals surface area contributed by atoms with Crippen molar-refractivity contribution in [3.05, 3.63) is 78.2 Å². The molecule has 10 heteroatoms. The first kappa shape index (κ1) is 35.5. The molecule has 0 spiro atoms. The van der Waals surface area contributed by atoms with Crippen LogP contribution in [-0.4, -0.2) is 98.1 Å². The maximum absolute atomic E-state index is 14.7. The molecule has 2 aliphatic heterocycles. The Morgan fingerprint density at radius 1 is 0.980 bits per heavy atom. The molecule has 0 bridgehead atoms. The van der Waals surface area contributed by atoms with E-state index in [4.69, 9.17) is 14.5 Å². The molecule has 3 atom stereocenters. The Morgan fingerprint density at radius 2 is 1.69 bits per heavy atom.